The highest BCUT2D eigenvalue weighted by atomic mass is 32.1. The third kappa shape index (κ3) is 2.83. The zero-order valence-electron chi connectivity index (χ0n) is 9.89. The Labute approximate surface area is 101 Å². The molecule has 1 fully saturated rings. The molecule has 2 N–H and O–H groups in total. The van der Waals surface area contributed by atoms with Crippen molar-refractivity contribution in [3.05, 3.63) is 22.4 Å². The Morgan fingerprint density at radius 2 is 2.50 bits per heavy atom. The van der Waals surface area contributed by atoms with Crippen LogP contribution in [0.15, 0.2) is 17.5 Å². The monoisotopic (exact) mass is 240 g/mol. The molecule has 0 aliphatic carbocycles. The van der Waals surface area contributed by atoms with Gasteiger partial charge < -0.3 is 15.3 Å². The summed E-state index contributed by atoms with van der Waals surface area (Å²) in [5, 5.41) is 15.4. The van der Waals surface area contributed by atoms with Gasteiger partial charge in [0.25, 0.3) is 0 Å². The van der Waals surface area contributed by atoms with Gasteiger partial charge in [0.2, 0.25) is 0 Å². The molecule has 4 heteroatoms. The van der Waals surface area contributed by atoms with Crippen molar-refractivity contribution in [2.45, 2.75) is 31.5 Å². The molecular formula is C12H20N2OS. The summed E-state index contributed by atoms with van der Waals surface area (Å²) in [4.78, 5) is 3.40. The zero-order valence-corrected chi connectivity index (χ0v) is 10.7. The average Bonchev–Trinajstić information content (AvgIpc) is 2.86. The standard InChI is InChI=1S/C12H20N2OS/c1-9-6-10(8-14(9)2)13-7-11(15)12-4-3-5-16-12/h3-5,9-11,13,15H,6-8H2,1-2H3. The van der Waals surface area contributed by atoms with Crippen LogP contribution in [0.25, 0.3) is 0 Å². The van der Waals surface area contributed by atoms with Gasteiger partial charge in [0, 0.05) is 30.1 Å². The van der Waals surface area contributed by atoms with Crippen LogP contribution >= 0.6 is 11.3 Å². The van der Waals surface area contributed by atoms with E-state index >= 15 is 0 Å². The Balaban J connectivity index is 1.76. The molecule has 2 rings (SSSR count). The van der Waals surface area contributed by atoms with Crippen LogP contribution in [0.4, 0.5) is 0 Å². The van der Waals surface area contributed by atoms with Crippen molar-refractivity contribution in [3.63, 3.8) is 0 Å². The summed E-state index contributed by atoms with van der Waals surface area (Å²) in [7, 11) is 2.15. The maximum atomic E-state index is 9.94. The Morgan fingerprint density at radius 3 is 3.06 bits per heavy atom. The van der Waals surface area contributed by atoms with Crippen LogP contribution in [-0.2, 0) is 0 Å². The van der Waals surface area contributed by atoms with Gasteiger partial charge in [-0.05, 0) is 31.8 Å². The largest absolute Gasteiger partial charge is 0.386 e. The molecule has 0 amide bonds. The van der Waals surface area contributed by atoms with E-state index in [1.165, 1.54) is 6.42 Å². The van der Waals surface area contributed by atoms with Crippen LogP contribution in [0.3, 0.4) is 0 Å². The van der Waals surface area contributed by atoms with Crippen LogP contribution in [0.5, 0.6) is 0 Å². The van der Waals surface area contributed by atoms with E-state index < -0.39 is 0 Å². The van der Waals surface area contributed by atoms with Crippen LogP contribution in [-0.4, -0.2) is 42.2 Å². The van der Waals surface area contributed by atoms with E-state index in [9.17, 15) is 5.11 Å². The van der Waals surface area contributed by atoms with Crippen molar-refractivity contribution in [3.8, 4) is 0 Å². The van der Waals surface area contributed by atoms with Gasteiger partial charge in [-0.1, -0.05) is 6.07 Å². The molecule has 2 heterocycles. The van der Waals surface area contributed by atoms with Gasteiger partial charge in [-0.2, -0.15) is 0 Å². The van der Waals surface area contributed by atoms with Crippen LogP contribution in [0.2, 0.25) is 0 Å². The molecule has 3 atom stereocenters. The Hall–Kier alpha value is -0.420. The molecule has 1 aromatic rings. The predicted octanol–water partition coefficient (Wildman–Crippen LogP) is 1.46. The van der Waals surface area contributed by atoms with Crippen LogP contribution < -0.4 is 5.32 Å². The molecule has 1 aliphatic heterocycles. The molecular weight excluding hydrogens is 220 g/mol. The molecule has 1 saturated heterocycles. The number of aliphatic hydroxyl groups is 1. The summed E-state index contributed by atoms with van der Waals surface area (Å²) in [6.45, 7) is 3.99. The normalized spacial score (nSPS) is 28.4. The van der Waals surface area contributed by atoms with E-state index in [1.807, 2.05) is 17.5 Å². The second-order valence-corrected chi connectivity index (χ2v) is 5.64. The Morgan fingerprint density at radius 1 is 1.69 bits per heavy atom. The van der Waals surface area contributed by atoms with Gasteiger partial charge in [0.1, 0.15) is 6.10 Å². The van der Waals surface area contributed by atoms with Gasteiger partial charge >= 0.3 is 0 Å². The molecule has 16 heavy (non-hydrogen) atoms. The summed E-state index contributed by atoms with van der Waals surface area (Å²) in [6, 6.07) is 5.14. The van der Waals surface area contributed by atoms with Crippen molar-refractivity contribution in [2.24, 2.45) is 0 Å². The smallest absolute Gasteiger partial charge is 0.101 e. The number of rotatable bonds is 4. The summed E-state index contributed by atoms with van der Waals surface area (Å²) in [6.07, 6.45) is 0.814. The van der Waals surface area contributed by atoms with Gasteiger partial charge in [-0.15, -0.1) is 11.3 Å². The third-order valence-corrected chi connectivity index (χ3v) is 4.33. The van der Waals surface area contributed by atoms with Crippen molar-refractivity contribution >= 4 is 11.3 Å². The lowest BCUT2D eigenvalue weighted by Gasteiger charge is -2.15. The number of hydrogen-bond donors (Lipinski definition) is 2. The lowest BCUT2D eigenvalue weighted by Crippen LogP contribution is -2.34. The van der Waals surface area contributed by atoms with Crippen LogP contribution in [0, 0.1) is 0 Å². The molecule has 0 spiro atoms. The maximum absolute atomic E-state index is 9.94. The first kappa shape index (κ1) is 12.0. The lowest BCUT2D eigenvalue weighted by molar-refractivity contribution is 0.173. The molecule has 3 unspecified atom stereocenters. The maximum Gasteiger partial charge on any atom is 0.101 e. The van der Waals surface area contributed by atoms with E-state index in [0.29, 0.717) is 18.6 Å². The topological polar surface area (TPSA) is 35.5 Å². The first-order valence-corrected chi connectivity index (χ1v) is 6.70. The molecule has 1 aliphatic rings. The molecule has 3 nitrogen and oxygen atoms in total. The van der Waals surface area contributed by atoms with E-state index in [-0.39, 0.29) is 6.10 Å². The summed E-state index contributed by atoms with van der Waals surface area (Å²) in [5.74, 6) is 0. The molecule has 0 aromatic carbocycles. The minimum atomic E-state index is -0.360. The number of hydrogen-bond acceptors (Lipinski definition) is 4. The van der Waals surface area contributed by atoms with E-state index in [0.717, 1.165) is 11.4 Å². The Bertz CT molecular complexity index is 305. The number of thiophene rings is 1. The quantitative estimate of drug-likeness (QED) is 0.836. The van der Waals surface area contributed by atoms with Gasteiger partial charge in [-0.25, -0.2) is 0 Å². The SMILES string of the molecule is CC1CC(NCC(O)c2cccs2)CN1C. The number of nitrogens with zero attached hydrogens (tertiary/aromatic N) is 1. The second-order valence-electron chi connectivity index (χ2n) is 4.66. The minimum Gasteiger partial charge on any atom is -0.386 e. The van der Waals surface area contributed by atoms with Gasteiger partial charge in [0.15, 0.2) is 0 Å². The number of likely N-dealkylation sites (N-methyl/N-ethyl adjacent to an activating group) is 1. The average molecular weight is 240 g/mol. The second kappa shape index (κ2) is 5.27. The molecule has 1 aromatic heterocycles. The molecule has 90 valence electrons. The van der Waals surface area contributed by atoms with Gasteiger partial charge in [-0.3, -0.25) is 0 Å². The van der Waals surface area contributed by atoms with E-state index in [2.05, 4.69) is 24.2 Å². The molecule has 0 bridgehead atoms. The Kier molecular flexibility index (Phi) is 3.97. The number of likely N-dealkylation sites (tertiary alicyclic amines) is 1. The molecule has 0 saturated carbocycles. The highest BCUT2D eigenvalue weighted by molar-refractivity contribution is 7.10. The fourth-order valence-corrected chi connectivity index (χ4v) is 2.91. The fourth-order valence-electron chi connectivity index (χ4n) is 2.20. The summed E-state index contributed by atoms with van der Waals surface area (Å²) in [5.41, 5.74) is 0. The molecule has 0 radical (unpaired) electrons. The first-order valence-electron chi connectivity index (χ1n) is 5.82. The van der Waals surface area contributed by atoms with E-state index in [1.54, 1.807) is 11.3 Å². The first-order chi connectivity index (χ1) is 7.66. The lowest BCUT2D eigenvalue weighted by atomic mass is 10.2. The number of nitrogens with one attached hydrogen (secondary N) is 1. The van der Waals surface area contributed by atoms with Crippen molar-refractivity contribution in [1.82, 2.24) is 10.2 Å². The minimum absolute atomic E-state index is 0.360. The van der Waals surface area contributed by atoms with E-state index in [4.69, 9.17) is 0 Å². The van der Waals surface area contributed by atoms with Crippen molar-refractivity contribution in [1.29, 1.82) is 0 Å². The van der Waals surface area contributed by atoms with Gasteiger partial charge in [0.05, 0.1) is 0 Å². The predicted molar refractivity (Wildman–Crippen MR) is 67.8 cm³/mol. The van der Waals surface area contributed by atoms with Crippen molar-refractivity contribution < 1.29 is 5.11 Å². The zero-order chi connectivity index (χ0) is 11.5. The van der Waals surface area contributed by atoms with Crippen molar-refractivity contribution in [2.75, 3.05) is 20.1 Å². The highest BCUT2D eigenvalue weighted by Gasteiger charge is 2.26. The summed E-state index contributed by atoms with van der Waals surface area (Å²) >= 11 is 1.61. The van der Waals surface area contributed by atoms with Crippen LogP contribution in [0.1, 0.15) is 24.3 Å². The summed E-state index contributed by atoms with van der Waals surface area (Å²) < 4.78 is 0. The fraction of sp³-hybridized carbons (Fsp3) is 0.667. The number of aliphatic hydroxyl groups excluding tert-OH is 1. The third-order valence-electron chi connectivity index (χ3n) is 3.36. The highest BCUT2D eigenvalue weighted by Crippen LogP contribution is 2.19.